The van der Waals surface area contributed by atoms with Crippen molar-refractivity contribution < 1.29 is 14.3 Å². The van der Waals surface area contributed by atoms with Gasteiger partial charge in [0.1, 0.15) is 11.4 Å². The molecule has 0 spiro atoms. The average Bonchev–Trinajstić information content (AvgIpc) is 2.95. The molecule has 0 unspecified atom stereocenters. The summed E-state index contributed by atoms with van der Waals surface area (Å²) in [6.45, 7) is 16.5. The van der Waals surface area contributed by atoms with Gasteiger partial charge in [-0.05, 0) is 94.5 Å². The van der Waals surface area contributed by atoms with E-state index in [9.17, 15) is 4.79 Å². The van der Waals surface area contributed by atoms with E-state index in [1.54, 1.807) is 18.1 Å². The topological polar surface area (TPSA) is 50.8 Å². The van der Waals surface area contributed by atoms with E-state index >= 15 is 0 Å². The van der Waals surface area contributed by atoms with E-state index < -0.39 is 5.60 Å². The number of carbonyl (C=O) groups excluding carboxylic acids is 1. The van der Waals surface area contributed by atoms with Crippen molar-refractivity contribution in [3.63, 3.8) is 0 Å². The maximum absolute atomic E-state index is 12.9. The zero-order chi connectivity index (χ0) is 30.3. The maximum Gasteiger partial charge on any atom is 0.410 e. The van der Waals surface area contributed by atoms with Crippen LogP contribution in [0.15, 0.2) is 126 Å². The first-order valence-electron chi connectivity index (χ1n) is 14.0. The minimum atomic E-state index is -0.547. The van der Waals surface area contributed by atoms with Crippen molar-refractivity contribution in [3.8, 4) is 0 Å². The first-order valence-corrected chi connectivity index (χ1v) is 14.0. The summed E-state index contributed by atoms with van der Waals surface area (Å²) in [7, 11) is 1.68. The quantitative estimate of drug-likeness (QED) is 0.198. The van der Waals surface area contributed by atoms with Gasteiger partial charge in [-0.3, -0.25) is 0 Å². The zero-order valence-corrected chi connectivity index (χ0v) is 25.7. The summed E-state index contributed by atoms with van der Waals surface area (Å²) in [5.41, 5.74) is 5.77. The smallest absolute Gasteiger partial charge is 0.410 e. The average molecular weight is 555 g/mol. The molecule has 0 aliphatic heterocycles. The SMILES string of the molecule is C=C\C=C/C=C(C)/C(C)=C(/C=C\C(=C/C)Nc1ccc(CCN(Cc2ccccc2)C(=O)OC(C)(C)C)cc1)OC. The lowest BCUT2D eigenvalue weighted by molar-refractivity contribution is 0.0236. The Bertz CT molecular complexity index is 1270. The summed E-state index contributed by atoms with van der Waals surface area (Å²) < 4.78 is 11.3. The predicted octanol–water partition coefficient (Wildman–Crippen LogP) is 9.15. The molecule has 0 aliphatic carbocycles. The van der Waals surface area contributed by atoms with Crippen LogP contribution in [0.1, 0.15) is 52.7 Å². The summed E-state index contributed by atoms with van der Waals surface area (Å²) in [5, 5.41) is 3.46. The normalized spacial score (nSPS) is 13.2. The number of carbonyl (C=O) groups is 1. The lowest BCUT2D eigenvalue weighted by Gasteiger charge is -2.27. The Hall–Kier alpha value is -4.25. The lowest BCUT2D eigenvalue weighted by Crippen LogP contribution is -2.37. The fraction of sp³-hybridized carbons (Fsp3) is 0.306. The van der Waals surface area contributed by atoms with Crippen molar-refractivity contribution >= 4 is 11.8 Å². The van der Waals surface area contributed by atoms with Crippen molar-refractivity contribution in [3.05, 3.63) is 137 Å². The molecule has 5 nitrogen and oxygen atoms in total. The number of hydrogen-bond acceptors (Lipinski definition) is 4. The van der Waals surface area contributed by atoms with Gasteiger partial charge in [0.25, 0.3) is 0 Å². The van der Waals surface area contributed by atoms with Gasteiger partial charge in [-0.15, -0.1) is 0 Å². The van der Waals surface area contributed by atoms with Gasteiger partial charge in [-0.1, -0.05) is 79.4 Å². The van der Waals surface area contributed by atoms with Gasteiger partial charge in [0.15, 0.2) is 0 Å². The van der Waals surface area contributed by atoms with Crippen LogP contribution in [0.5, 0.6) is 0 Å². The molecule has 0 fully saturated rings. The summed E-state index contributed by atoms with van der Waals surface area (Å²) in [4.78, 5) is 14.7. The van der Waals surface area contributed by atoms with Crippen LogP contribution in [-0.2, 0) is 22.4 Å². The second-order valence-electron chi connectivity index (χ2n) is 10.7. The molecule has 0 aromatic heterocycles. The predicted molar refractivity (Wildman–Crippen MR) is 173 cm³/mol. The molecule has 1 amide bonds. The molecule has 41 heavy (non-hydrogen) atoms. The van der Waals surface area contributed by atoms with E-state index in [1.165, 1.54) is 0 Å². The fourth-order valence-corrected chi connectivity index (χ4v) is 3.87. The highest BCUT2D eigenvalue weighted by Gasteiger charge is 2.22. The minimum Gasteiger partial charge on any atom is -0.496 e. The molecule has 2 aromatic carbocycles. The third kappa shape index (κ3) is 12.2. The van der Waals surface area contributed by atoms with Gasteiger partial charge < -0.3 is 19.7 Å². The molecule has 0 saturated carbocycles. The molecule has 0 saturated heterocycles. The number of nitrogens with one attached hydrogen (secondary N) is 1. The Kier molecular flexibility index (Phi) is 13.5. The van der Waals surface area contributed by atoms with E-state index in [2.05, 4.69) is 43.1 Å². The van der Waals surface area contributed by atoms with Crippen LogP contribution in [0.25, 0.3) is 0 Å². The maximum atomic E-state index is 12.9. The molecular formula is C36H46N2O3. The summed E-state index contributed by atoms with van der Waals surface area (Å²) in [6, 6.07) is 18.3. The Balaban J connectivity index is 2.07. The Morgan fingerprint density at radius 1 is 0.976 bits per heavy atom. The van der Waals surface area contributed by atoms with Gasteiger partial charge in [0.2, 0.25) is 0 Å². The van der Waals surface area contributed by atoms with Crippen LogP contribution < -0.4 is 5.32 Å². The standard InChI is InChI=1S/C36H46N2O3/c1-9-11-13-16-28(3)29(4)34(40-8)24-23-32(10-2)37-33-21-19-30(20-22-33)25-26-38(35(39)41-36(5,6)7)27-31-17-14-12-15-18-31/h9-24,37H,1,25-27H2,2-8H3/b13-11-,24-23-,28-16+,32-10+,34-29-. The molecule has 1 N–H and O–H groups in total. The van der Waals surface area contributed by atoms with Crippen LogP contribution in [0.3, 0.4) is 0 Å². The second-order valence-corrected chi connectivity index (χ2v) is 10.7. The third-order valence-electron chi connectivity index (χ3n) is 6.28. The molecule has 0 radical (unpaired) electrons. The van der Waals surface area contributed by atoms with E-state index in [4.69, 9.17) is 9.47 Å². The number of rotatable bonds is 13. The first-order chi connectivity index (χ1) is 19.6. The van der Waals surface area contributed by atoms with Crippen LogP contribution in [0, 0.1) is 0 Å². The Labute approximate surface area is 247 Å². The molecule has 0 heterocycles. The van der Waals surface area contributed by atoms with E-state index in [0.717, 1.165) is 45.8 Å². The van der Waals surface area contributed by atoms with Gasteiger partial charge in [0, 0.05) is 24.5 Å². The number of hydrogen-bond donors (Lipinski definition) is 1. The van der Waals surface area contributed by atoms with Crippen molar-refractivity contribution in [2.24, 2.45) is 0 Å². The highest BCUT2D eigenvalue weighted by atomic mass is 16.6. The van der Waals surface area contributed by atoms with Gasteiger partial charge in [-0.2, -0.15) is 0 Å². The molecule has 2 aromatic rings. The largest absolute Gasteiger partial charge is 0.496 e. The number of ether oxygens (including phenoxy) is 2. The number of anilines is 1. The molecule has 218 valence electrons. The van der Waals surface area contributed by atoms with Crippen LogP contribution in [0.4, 0.5) is 10.5 Å². The molecular weight excluding hydrogens is 508 g/mol. The van der Waals surface area contributed by atoms with Gasteiger partial charge >= 0.3 is 6.09 Å². The minimum absolute atomic E-state index is 0.303. The number of nitrogens with zero attached hydrogens (tertiary/aromatic N) is 1. The van der Waals surface area contributed by atoms with E-state index in [1.807, 2.05) is 101 Å². The zero-order valence-electron chi connectivity index (χ0n) is 25.7. The van der Waals surface area contributed by atoms with Crippen LogP contribution in [-0.4, -0.2) is 30.2 Å². The van der Waals surface area contributed by atoms with Gasteiger partial charge in [-0.25, -0.2) is 4.79 Å². The summed E-state index contributed by atoms with van der Waals surface area (Å²) >= 11 is 0. The summed E-state index contributed by atoms with van der Waals surface area (Å²) in [6.07, 6.45) is 14.1. The monoisotopic (exact) mass is 554 g/mol. The Morgan fingerprint density at radius 2 is 1.66 bits per heavy atom. The highest BCUT2D eigenvalue weighted by molar-refractivity contribution is 5.68. The fourth-order valence-electron chi connectivity index (χ4n) is 3.87. The number of allylic oxidation sites excluding steroid dienone is 9. The number of amides is 1. The van der Waals surface area contributed by atoms with Gasteiger partial charge in [0.05, 0.1) is 7.11 Å². The van der Waals surface area contributed by atoms with Crippen LogP contribution in [0.2, 0.25) is 0 Å². The van der Waals surface area contributed by atoms with Crippen molar-refractivity contribution in [2.75, 3.05) is 19.0 Å². The van der Waals surface area contributed by atoms with Crippen LogP contribution >= 0.6 is 0 Å². The van der Waals surface area contributed by atoms with Crippen molar-refractivity contribution in [1.82, 2.24) is 4.90 Å². The van der Waals surface area contributed by atoms with Crippen molar-refractivity contribution in [1.29, 1.82) is 0 Å². The number of benzene rings is 2. The second kappa shape index (κ2) is 16.8. The molecule has 0 atom stereocenters. The third-order valence-corrected chi connectivity index (χ3v) is 6.28. The summed E-state index contributed by atoms with van der Waals surface area (Å²) in [5.74, 6) is 0.798. The molecule has 0 aliphatic rings. The van der Waals surface area contributed by atoms with E-state index in [-0.39, 0.29) is 6.09 Å². The molecule has 2 rings (SSSR count). The molecule has 0 bridgehead atoms. The Morgan fingerprint density at radius 3 is 2.24 bits per heavy atom. The highest BCUT2D eigenvalue weighted by Crippen LogP contribution is 2.19. The first kappa shape index (κ1) is 33.0. The lowest BCUT2D eigenvalue weighted by atomic mass is 10.1. The van der Waals surface area contributed by atoms with Crippen molar-refractivity contribution in [2.45, 2.75) is 60.1 Å². The van der Waals surface area contributed by atoms with E-state index in [0.29, 0.717) is 13.1 Å². The number of methoxy groups -OCH3 is 1. The molecule has 5 heteroatoms.